The van der Waals surface area contributed by atoms with E-state index in [0.29, 0.717) is 10.7 Å². The van der Waals surface area contributed by atoms with Gasteiger partial charge in [-0.15, -0.1) is 0 Å². The first kappa shape index (κ1) is 8.46. The molecule has 11 heavy (non-hydrogen) atoms. The van der Waals surface area contributed by atoms with Gasteiger partial charge >= 0.3 is 0 Å². The van der Waals surface area contributed by atoms with Crippen molar-refractivity contribution in [2.45, 2.75) is 6.04 Å². The van der Waals surface area contributed by atoms with Crippen molar-refractivity contribution in [1.29, 1.82) is 0 Å². The van der Waals surface area contributed by atoms with E-state index in [1.165, 1.54) is 0 Å². The molecule has 0 amide bonds. The summed E-state index contributed by atoms with van der Waals surface area (Å²) in [7, 11) is 0. The molecular formula is C7H9ClN2O. The number of nitrogens with two attached hydrogens (primary N) is 1. The second-order valence-electron chi connectivity index (χ2n) is 2.19. The lowest BCUT2D eigenvalue weighted by Gasteiger charge is -2.06. The highest BCUT2D eigenvalue weighted by Crippen LogP contribution is 2.12. The number of hydrogen-bond donors (Lipinski definition) is 2. The van der Waals surface area contributed by atoms with E-state index in [9.17, 15) is 0 Å². The summed E-state index contributed by atoms with van der Waals surface area (Å²) < 4.78 is 0. The third-order valence-corrected chi connectivity index (χ3v) is 1.55. The van der Waals surface area contributed by atoms with Crippen LogP contribution < -0.4 is 5.73 Å². The summed E-state index contributed by atoms with van der Waals surface area (Å²) in [6, 6.07) is 2.87. The molecule has 0 aliphatic heterocycles. The van der Waals surface area contributed by atoms with Crippen molar-refractivity contribution in [2.24, 2.45) is 5.73 Å². The van der Waals surface area contributed by atoms with Crippen LogP contribution in [0.1, 0.15) is 11.7 Å². The molecule has 1 aromatic heterocycles. The zero-order valence-electron chi connectivity index (χ0n) is 5.87. The molecule has 0 fully saturated rings. The van der Waals surface area contributed by atoms with Crippen LogP contribution in [0.4, 0.5) is 0 Å². The standard InChI is InChI=1S/C7H9ClN2O/c8-5-1-2-10-7(3-5)6(9)4-11/h1-3,6,11H,4,9H2/t6-/m1/s1. The molecular weight excluding hydrogens is 164 g/mol. The number of halogens is 1. The number of aliphatic hydroxyl groups is 1. The van der Waals surface area contributed by atoms with E-state index >= 15 is 0 Å². The highest BCUT2D eigenvalue weighted by atomic mass is 35.5. The van der Waals surface area contributed by atoms with Crippen molar-refractivity contribution >= 4 is 11.6 Å². The molecule has 0 bridgehead atoms. The first-order valence-electron chi connectivity index (χ1n) is 3.22. The highest BCUT2D eigenvalue weighted by Gasteiger charge is 2.04. The zero-order chi connectivity index (χ0) is 8.27. The van der Waals surface area contributed by atoms with Gasteiger partial charge in [0.1, 0.15) is 0 Å². The van der Waals surface area contributed by atoms with Crippen molar-refractivity contribution < 1.29 is 5.11 Å². The minimum atomic E-state index is -0.436. The summed E-state index contributed by atoms with van der Waals surface area (Å²) in [5, 5.41) is 9.25. The molecule has 3 N–H and O–H groups in total. The third kappa shape index (κ3) is 2.15. The van der Waals surface area contributed by atoms with E-state index in [-0.39, 0.29) is 6.61 Å². The molecule has 3 nitrogen and oxygen atoms in total. The molecule has 0 radical (unpaired) electrons. The fourth-order valence-electron chi connectivity index (χ4n) is 0.717. The Morgan fingerprint density at radius 3 is 3.00 bits per heavy atom. The number of nitrogens with zero attached hydrogens (tertiary/aromatic N) is 1. The quantitative estimate of drug-likeness (QED) is 0.692. The summed E-state index contributed by atoms with van der Waals surface area (Å²) in [6.07, 6.45) is 1.56. The first-order valence-corrected chi connectivity index (χ1v) is 3.59. The largest absolute Gasteiger partial charge is 0.394 e. The number of aliphatic hydroxyl groups excluding tert-OH is 1. The van der Waals surface area contributed by atoms with Crippen molar-refractivity contribution in [1.82, 2.24) is 4.98 Å². The second kappa shape index (κ2) is 3.67. The van der Waals surface area contributed by atoms with Gasteiger partial charge in [-0.3, -0.25) is 4.98 Å². The van der Waals surface area contributed by atoms with Crippen molar-refractivity contribution in [3.63, 3.8) is 0 Å². The lowest BCUT2D eigenvalue weighted by Crippen LogP contribution is -2.15. The molecule has 0 saturated carbocycles. The Kier molecular flexibility index (Phi) is 2.82. The zero-order valence-corrected chi connectivity index (χ0v) is 6.62. The molecule has 1 atom stereocenters. The third-order valence-electron chi connectivity index (χ3n) is 1.32. The lowest BCUT2D eigenvalue weighted by molar-refractivity contribution is 0.266. The molecule has 0 unspecified atom stereocenters. The van der Waals surface area contributed by atoms with Crippen LogP contribution in [-0.2, 0) is 0 Å². The van der Waals surface area contributed by atoms with Gasteiger partial charge in [-0.2, -0.15) is 0 Å². The van der Waals surface area contributed by atoms with Crippen molar-refractivity contribution in [3.8, 4) is 0 Å². The number of aromatic nitrogens is 1. The fraction of sp³-hybridized carbons (Fsp3) is 0.286. The fourth-order valence-corrected chi connectivity index (χ4v) is 0.886. The van der Waals surface area contributed by atoms with Crippen LogP contribution in [0.2, 0.25) is 5.02 Å². The van der Waals surface area contributed by atoms with Crippen LogP contribution >= 0.6 is 11.6 Å². The van der Waals surface area contributed by atoms with E-state index in [1.807, 2.05) is 0 Å². The van der Waals surface area contributed by atoms with E-state index in [1.54, 1.807) is 18.3 Å². The summed E-state index contributed by atoms with van der Waals surface area (Å²) in [5.74, 6) is 0. The molecule has 0 aliphatic carbocycles. The average Bonchev–Trinajstić information content (AvgIpc) is 2.03. The van der Waals surface area contributed by atoms with Crippen LogP contribution in [0.5, 0.6) is 0 Å². The molecule has 0 aromatic carbocycles. The molecule has 0 saturated heterocycles. The SMILES string of the molecule is N[C@H](CO)c1cc(Cl)ccn1. The Balaban J connectivity index is 2.86. The predicted octanol–water partition coefficient (Wildman–Crippen LogP) is 0.727. The minimum Gasteiger partial charge on any atom is -0.394 e. The highest BCUT2D eigenvalue weighted by molar-refractivity contribution is 6.30. The lowest BCUT2D eigenvalue weighted by atomic mass is 10.2. The van der Waals surface area contributed by atoms with Crippen LogP contribution in [-0.4, -0.2) is 16.7 Å². The molecule has 60 valence electrons. The van der Waals surface area contributed by atoms with Gasteiger partial charge in [-0.05, 0) is 12.1 Å². The Morgan fingerprint density at radius 1 is 1.73 bits per heavy atom. The van der Waals surface area contributed by atoms with E-state index in [2.05, 4.69) is 4.98 Å². The maximum Gasteiger partial charge on any atom is 0.0705 e. The van der Waals surface area contributed by atoms with Crippen LogP contribution in [0.25, 0.3) is 0 Å². The van der Waals surface area contributed by atoms with Gasteiger partial charge in [0, 0.05) is 11.2 Å². The number of rotatable bonds is 2. The summed E-state index contributed by atoms with van der Waals surface area (Å²) in [6.45, 7) is -0.118. The van der Waals surface area contributed by atoms with Gasteiger partial charge in [0.15, 0.2) is 0 Å². The average molecular weight is 173 g/mol. The monoisotopic (exact) mass is 172 g/mol. The number of pyridine rings is 1. The van der Waals surface area contributed by atoms with Gasteiger partial charge in [-0.25, -0.2) is 0 Å². The Labute approximate surface area is 69.8 Å². The topological polar surface area (TPSA) is 59.1 Å². The first-order chi connectivity index (χ1) is 5.24. The second-order valence-corrected chi connectivity index (χ2v) is 2.62. The Hall–Kier alpha value is -0.640. The Bertz CT molecular complexity index is 242. The number of hydrogen-bond acceptors (Lipinski definition) is 3. The molecule has 0 spiro atoms. The molecule has 1 aromatic rings. The van der Waals surface area contributed by atoms with Crippen LogP contribution in [0.3, 0.4) is 0 Å². The Morgan fingerprint density at radius 2 is 2.45 bits per heavy atom. The van der Waals surface area contributed by atoms with E-state index < -0.39 is 6.04 Å². The molecule has 1 rings (SSSR count). The maximum absolute atomic E-state index is 8.67. The van der Waals surface area contributed by atoms with Crippen molar-refractivity contribution in [2.75, 3.05) is 6.61 Å². The summed E-state index contributed by atoms with van der Waals surface area (Å²) in [4.78, 5) is 3.94. The van der Waals surface area contributed by atoms with Gasteiger partial charge in [0.05, 0.1) is 18.3 Å². The van der Waals surface area contributed by atoms with Gasteiger partial charge in [-0.1, -0.05) is 11.6 Å². The van der Waals surface area contributed by atoms with Crippen LogP contribution in [0.15, 0.2) is 18.3 Å². The minimum absolute atomic E-state index is 0.118. The molecule has 0 aliphatic rings. The van der Waals surface area contributed by atoms with Crippen LogP contribution in [0, 0.1) is 0 Å². The van der Waals surface area contributed by atoms with Gasteiger partial charge in [0.25, 0.3) is 0 Å². The predicted molar refractivity (Wildman–Crippen MR) is 43.3 cm³/mol. The van der Waals surface area contributed by atoms with Gasteiger partial charge < -0.3 is 10.8 Å². The molecule has 1 heterocycles. The van der Waals surface area contributed by atoms with Gasteiger partial charge in [0.2, 0.25) is 0 Å². The maximum atomic E-state index is 8.67. The molecule has 4 heteroatoms. The summed E-state index contributed by atoms with van der Waals surface area (Å²) >= 11 is 5.67. The van der Waals surface area contributed by atoms with E-state index in [4.69, 9.17) is 22.4 Å². The normalized spacial score (nSPS) is 13.0. The summed E-state index contributed by atoms with van der Waals surface area (Å²) in [5.41, 5.74) is 6.10. The van der Waals surface area contributed by atoms with Crippen molar-refractivity contribution in [3.05, 3.63) is 29.0 Å². The smallest absolute Gasteiger partial charge is 0.0705 e. The van der Waals surface area contributed by atoms with E-state index in [0.717, 1.165) is 0 Å².